The minimum absolute atomic E-state index is 0.0654. The fourth-order valence-electron chi connectivity index (χ4n) is 5.03. The summed E-state index contributed by atoms with van der Waals surface area (Å²) < 4.78 is 11.1. The monoisotopic (exact) mass is 525 g/mol. The largest absolute Gasteiger partial charge is 0.447 e. The van der Waals surface area contributed by atoms with Gasteiger partial charge in [0.1, 0.15) is 17.0 Å². The lowest BCUT2D eigenvalue weighted by molar-refractivity contribution is -0.137. The number of anilines is 2. The summed E-state index contributed by atoms with van der Waals surface area (Å²) in [5, 5.41) is 5.98. The highest BCUT2D eigenvalue weighted by molar-refractivity contribution is 6.30. The number of nitrogens with one attached hydrogen (secondary N) is 2. The molecule has 0 radical (unpaired) electrons. The normalized spacial score (nSPS) is 21.7. The summed E-state index contributed by atoms with van der Waals surface area (Å²) in [6, 6.07) is 6.54. The molecular weight excluding hydrogens is 498 g/mol. The number of halogens is 1. The van der Waals surface area contributed by atoms with Crippen LogP contribution in [-0.2, 0) is 14.3 Å². The van der Waals surface area contributed by atoms with Gasteiger partial charge in [-0.05, 0) is 56.4 Å². The Bertz CT molecular complexity index is 1300. The first-order valence-electron chi connectivity index (χ1n) is 12.4. The van der Waals surface area contributed by atoms with Gasteiger partial charge in [0.05, 0.1) is 11.1 Å². The lowest BCUT2D eigenvalue weighted by Gasteiger charge is -2.30. The molecule has 2 N–H and O–H groups in total. The maximum atomic E-state index is 13.2. The zero-order chi connectivity index (χ0) is 25.9. The lowest BCUT2D eigenvalue weighted by atomic mass is 9.81. The first-order valence-corrected chi connectivity index (χ1v) is 12.7. The Hall–Kier alpha value is -3.50. The van der Waals surface area contributed by atoms with Gasteiger partial charge in [0.25, 0.3) is 5.91 Å². The van der Waals surface area contributed by atoms with E-state index >= 15 is 0 Å². The number of methoxy groups -OCH3 is 1. The van der Waals surface area contributed by atoms with Gasteiger partial charge in [-0.25, -0.2) is 4.98 Å². The third kappa shape index (κ3) is 5.45. The van der Waals surface area contributed by atoms with E-state index < -0.39 is 5.91 Å². The van der Waals surface area contributed by atoms with Crippen molar-refractivity contribution in [2.45, 2.75) is 38.2 Å². The molecule has 0 aromatic carbocycles. The van der Waals surface area contributed by atoms with E-state index in [0.29, 0.717) is 54.9 Å². The molecule has 1 saturated carbocycles. The van der Waals surface area contributed by atoms with Gasteiger partial charge >= 0.3 is 0 Å². The van der Waals surface area contributed by atoms with Crippen LogP contribution in [0.4, 0.5) is 11.5 Å². The van der Waals surface area contributed by atoms with Crippen LogP contribution in [0.15, 0.2) is 41.1 Å². The Morgan fingerprint density at radius 3 is 2.54 bits per heavy atom. The molecule has 37 heavy (non-hydrogen) atoms. The van der Waals surface area contributed by atoms with Gasteiger partial charge < -0.3 is 24.7 Å². The van der Waals surface area contributed by atoms with Crippen molar-refractivity contribution in [1.29, 1.82) is 0 Å². The average molecular weight is 526 g/mol. The number of likely N-dealkylation sites (tertiary alicyclic amines) is 1. The molecule has 2 fully saturated rings. The van der Waals surface area contributed by atoms with Gasteiger partial charge in [-0.15, -0.1) is 0 Å². The molecule has 0 spiro atoms. The fraction of sp³-hybridized carbons (Fsp3) is 0.423. The number of pyridine rings is 2. The van der Waals surface area contributed by atoms with Gasteiger partial charge in [0, 0.05) is 44.4 Å². The van der Waals surface area contributed by atoms with E-state index in [0.717, 1.165) is 6.42 Å². The van der Waals surface area contributed by atoms with E-state index in [4.69, 9.17) is 20.8 Å². The van der Waals surface area contributed by atoms with E-state index in [9.17, 15) is 14.4 Å². The van der Waals surface area contributed by atoms with E-state index in [1.54, 1.807) is 37.6 Å². The summed E-state index contributed by atoms with van der Waals surface area (Å²) in [4.78, 5) is 49.5. The third-order valence-corrected chi connectivity index (χ3v) is 7.33. The van der Waals surface area contributed by atoms with Crippen LogP contribution in [0.25, 0.3) is 11.1 Å². The highest BCUT2D eigenvalue weighted by Crippen LogP contribution is 2.34. The SMILES string of the molecule is COC1CCN(C(=O)[C@H]2CC[C@H](C(=O)Nc3c(C(=O)Nc4ccc(Cl)cn4)oc4cccnc34)CC2)C1. The summed E-state index contributed by atoms with van der Waals surface area (Å²) >= 11 is 5.87. The zero-order valence-electron chi connectivity index (χ0n) is 20.4. The molecule has 3 aromatic rings. The molecule has 2 aliphatic rings. The van der Waals surface area contributed by atoms with Crippen molar-refractivity contribution in [3.05, 3.63) is 47.4 Å². The van der Waals surface area contributed by atoms with Crippen molar-refractivity contribution in [2.24, 2.45) is 11.8 Å². The van der Waals surface area contributed by atoms with Crippen molar-refractivity contribution in [3.8, 4) is 0 Å². The lowest BCUT2D eigenvalue weighted by Crippen LogP contribution is -2.38. The molecule has 3 amide bonds. The molecular formula is C26H28ClN5O5. The maximum Gasteiger partial charge on any atom is 0.294 e. The number of nitrogens with zero attached hydrogens (tertiary/aromatic N) is 3. The number of ether oxygens (including phenoxy) is 1. The summed E-state index contributed by atoms with van der Waals surface area (Å²) in [6.45, 7) is 1.35. The number of aromatic nitrogens is 2. The molecule has 1 aliphatic carbocycles. The molecule has 10 nitrogen and oxygen atoms in total. The fourth-order valence-corrected chi connectivity index (χ4v) is 5.15. The van der Waals surface area contributed by atoms with Crippen molar-refractivity contribution in [2.75, 3.05) is 30.8 Å². The molecule has 5 rings (SSSR count). The highest BCUT2D eigenvalue weighted by Gasteiger charge is 2.35. The first-order chi connectivity index (χ1) is 17.9. The summed E-state index contributed by atoms with van der Waals surface area (Å²) in [7, 11) is 1.67. The second kappa shape index (κ2) is 10.9. The predicted molar refractivity (Wildman–Crippen MR) is 137 cm³/mol. The van der Waals surface area contributed by atoms with Gasteiger partial charge in [-0.3, -0.25) is 19.4 Å². The molecule has 1 saturated heterocycles. The number of rotatable bonds is 6. The maximum absolute atomic E-state index is 13.2. The van der Waals surface area contributed by atoms with Crippen molar-refractivity contribution in [1.82, 2.24) is 14.9 Å². The van der Waals surface area contributed by atoms with Crippen LogP contribution in [-0.4, -0.2) is 58.9 Å². The van der Waals surface area contributed by atoms with E-state index in [1.807, 2.05) is 4.90 Å². The predicted octanol–water partition coefficient (Wildman–Crippen LogP) is 4.12. The number of hydrogen-bond donors (Lipinski definition) is 2. The average Bonchev–Trinajstić information content (AvgIpc) is 3.55. The van der Waals surface area contributed by atoms with Crippen molar-refractivity contribution >= 4 is 51.9 Å². The van der Waals surface area contributed by atoms with E-state index in [1.165, 1.54) is 6.20 Å². The quantitative estimate of drug-likeness (QED) is 0.495. The summed E-state index contributed by atoms with van der Waals surface area (Å²) in [5.74, 6) is -0.780. The molecule has 1 atom stereocenters. The Kier molecular flexibility index (Phi) is 7.38. The number of furan rings is 1. The Labute approximate surface area is 218 Å². The topological polar surface area (TPSA) is 127 Å². The minimum atomic E-state index is -0.572. The number of hydrogen-bond acceptors (Lipinski definition) is 7. The summed E-state index contributed by atoms with van der Waals surface area (Å²) in [6.07, 6.45) is 6.41. The van der Waals surface area contributed by atoms with Gasteiger partial charge in [-0.2, -0.15) is 0 Å². The van der Waals surface area contributed by atoms with Crippen LogP contribution < -0.4 is 10.6 Å². The minimum Gasteiger partial charge on any atom is -0.447 e. The Morgan fingerprint density at radius 2 is 1.84 bits per heavy atom. The molecule has 1 unspecified atom stereocenters. The molecule has 194 valence electrons. The van der Waals surface area contributed by atoms with Crippen LogP contribution in [0.1, 0.15) is 42.7 Å². The molecule has 3 aromatic heterocycles. The smallest absolute Gasteiger partial charge is 0.294 e. The van der Waals surface area contributed by atoms with Crippen LogP contribution >= 0.6 is 11.6 Å². The van der Waals surface area contributed by atoms with Gasteiger partial charge in [0.15, 0.2) is 5.58 Å². The number of amides is 3. The van der Waals surface area contributed by atoms with Crippen LogP contribution in [0.3, 0.4) is 0 Å². The number of fused-ring (bicyclic) bond motifs is 1. The second-order valence-electron chi connectivity index (χ2n) is 9.44. The van der Waals surface area contributed by atoms with Crippen molar-refractivity contribution < 1.29 is 23.5 Å². The highest BCUT2D eigenvalue weighted by atomic mass is 35.5. The van der Waals surface area contributed by atoms with Crippen LogP contribution in [0.5, 0.6) is 0 Å². The summed E-state index contributed by atoms with van der Waals surface area (Å²) in [5.41, 5.74) is 0.977. The Morgan fingerprint density at radius 1 is 1.05 bits per heavy atom. The van der Waals surface area contributed by atoms with E-state index in [-0.39, 0.29) is 47.0 Å². The number of carbonyl (C=O) groups is 3. The molecule has 11 heteroatoms. The zero-order valence-corrected chi connectivity index (χ0v) is 21.2. The molecule has 4 heterocycles. The van der Waals surface area contributed by atoms with Crippen LogP contribution in [0, 0.1) is 11.8 Å². The van der Waals surface area contributed by atoms with Crippen molar-refractivity contribution in [3.63, 3.8) is 0 Å². The van der Waals surface area contributed by atoms with Crippen LogP contribution in [0.2, 0.25) is 5.02 Å². The standard InChI is InChI=1S/C26H28ClN5O5/c1-36-18-10-12-32(14-18)26(35)16-6-4-15(5-7-16)24(33)31-22-21-19(3-2-11-28-21)37-23(22)25(34)30-20-9-8-17(27)13-29-20/h2-3,8-9,11,13,15-16,18H,4-7,10,12,14H2,1H3,(H,31,33)(H,29,30,34)/t15-,16-,18?. The first kappa shape index (κ1) is 25.2. The van der Waals surface area contributed by atoms with Gasteiger partial charge in [-0.1, -0.05) is 11.6 Å². The van der Waals surface area contributed by atoms with Gasteiger partial charge in [0.2, 0.25) is 17.6 Å². The van der Waals surface area contributed by atoms with E-state index in [2.05, 4.69) is 20.6 Å². The molecule has 0 bridgehead atoms. The second-order valence-corrected chi connectivity index (χ2v) is 9.88. The Balaban J connectivity index is 1.26. The number of carbonyl (C=O) groups excluding carboxylic acids is 3. The molecule has 1 aliphatic heterocycles. The third-order valence-electron chi connectivity index (χ3n) is 7.11.